The summed E-state index contributed by atoms with van der Waals surface area (Å²) in [6, 6.07) is 7.04. The van der Waals surface area contributed by atoms with E-state index in [0.717, 1.165) is 10.6 Å². The lowest BCUT2D eigenvalue weighted by Crippen LogP contribution is -2.33. The van der Waals surface area contributed by atoms with Gasteiger partial charge in [0.15, 0.2) is 5.82 Å². The normalized spacial score (nSPS) is 12.7. The number of amides is 1. The second-order valence-electron chi connectivity index (χ2n) is 7.35. The molecule has 33 heavy (non-hydrogen) atoms. The van der Waals surface area contributed by atoms with E-state index in [2.05, 4.69) is 10.3 Å². The lowest BCUT2D eigenvalue weighted by Gasteiger charge is -2.22. The molecule has 178 valence electrons. The maximum absolute atomic E-state index is 13.4. The predicted octanol–water partition coefficient (Wildman–Crippen LogP) is 2.50. The van der Waals surface area contributed by atoms with Gasteiger partial charge in [0, 0.05) is 19.2 Å². The van der Waals surface area contributed by atoms with Crippen molar-refractivity contribution in [3.63, 3.8) is 0 Å². The molecule has 0 aliphatic heterocycles. The van der Waals surface area contributed by atoms with Gasteiger partial charge in [0.1, 0.15) is 11.6 Å². The van der Waals surface area contributed by atoms with Gasteiger partial charge >= 0.3 is 0 Å². The number of carbonyl (C=O) groups excluding carboxylic acids is 1. The molecule has 0 aliphatic rings. The molecule has 0 aliphatic carbocycles. The van der Waals surface area contributed by atoms with Gasteiger partial charge in [-0.25, -0.2) is 12.8 Å². The first kappa shape index (κ1) is 25.3. The predicted molar refractivity (Wildman–Crippen MR) is 130 cm³/mol. The largest absolute Gasteiger partial charge is 0.437 e. The summed E-state index contributed by atoms with van der Waals surface area (Å²) in [5.41, 5.74) is 0.711. The zero-order valence-corrected chi connectivity index (χ0v) is 20.9. The van der Waals surface area contributed by atoms with E-state index in [-0.39, 0.29) is 42.2 Å². The van der Waals surface area contributed by atoms with Crippen molar-refractivity contribution in [2.75, 3.05) is 30.8 Å². The third kappa shape index (κ3) is 5.62. The minimum atomic E-state index is -3.74. The minimum absolute atomic E-state index is 0.0260. The van der Waals surface area contributed by atoms with Crippen molar-refractivity contribution >= 4 is 55.4 Å². The summed E-state index contributed by atoms with van der Waals surface area (Å²) in [5, 5.41) is 21.5. The Kier molecular flexibility index (Phi) is 7.92. The summed E-state index contributed by atoms with van der Waals surface area (Å²) in [6.45, 7) is -0.389. The Morgan fingerprint density at radius 3 is 2.58 bits per heavy atom. The maximum Gasteiger partial charge on any atom is 0.255 e. The maximum atomic E-state index is 13.4. The molecule has 3 rings (SSSR count). The smallest absolute Gasteiger partial charge is 0.255 e. The van der Waals surface area contributed by atoms with Gasteiger partial charge in [0.25, 0.3) is 5.91 Å². The van der Waals surface area contributed by atoms with Gasteiger partial charge in [-0.1, -0.05) is 0 Å². The summed E-state index contributed by atoms with van der Waals surface area (Å²) in [7, 11) is -2.27. The van der Waals surface area contributed by atoms with Crippen molar-refractivity contribution in [1.29, 1.82) is 0 Å². The van der Waals surface area contributed by atoms with Crippen LogP contribution in [0, 0.1) is 9.39 Å². The quantitative estimate of drug-likeness (QED) is 0.326. The zero-order valence-electron chi connectivity index (χ0n) is 17.9. The number of aliphatic hydroxyl groups is 2. The van der Waals surface area contributed by atoms with Gasteiger partial charge < -0.3 is 19.9 Å². The fraction of sp³-hybridized carbons (Fsp3) is 0.333. The highest BCUT2D eigenvalue weighted by atomic mass is 127. The molecule has 0 fully saturated rings. The molecular formula is C21H23FIN3O6S. The van der Waals surface area contributed by atoms with E-state index in [1.54, 1.807) is 6.07 Å². The highest BCUT2D eigenvalue weighted by molar-refractivity contribution is 14.1. The van der Waals surface area contributed by atoms with Crippen molar-refractivity contribution in [1.82, 2.24) is 10.3 Å². The Hall–Kier alpha value is -2.29. The fourth-order valence-corrected chi connectivity index (χ4v) is 5.11. The molecule has 1 unspecified atom stereocenters. The molecule has 0 saturated heterocycles. The van der Waals surface area contributed by atoms with Crippen LogP contribution < -0.4 is 9.62 Å². The third-order valence-electron chi connectivity index (χ3n) is 4.92. The number of halogens is 2. The molecule has 9 nitrogen and oxygen atoms in total. The van der Waals surface area contributed by atoms with Crippen LogP contribution in [-0.2, 0) is 10.0 Å². The first-order valence-corrected chi connectivity index (χ1v) is 12.9. The summed E-state index contributed by atoms with van der Waals surface area (Å²) in [6.07, 6.45) is 0.587. The fourth-order valence-electron chi connectivity index (χ4n) is 3.31. The number of nitrogens with one attached hydrogen (secondary N) is 1. The molecule has 1 aromatic carbocycles. The SMILES string of the molecule is CNC(=O)c1c(-c2ccc(F)cc2)oc2nc(N(CCCC(O)CO)S(C)(=O)=O)c(I)cc12. The Morgan fingerprint density at radius 1 is 1.33 bits per heavy atom. The van der Waals surface area contributed by atoms with Crippen molar-refractivity contribution in [3.8, 4) is 11.3 Å². The number of anilines is 1. The number of nitrogens with zero attached hydrogens (tertiary/aromatic N) is 2. The van der Waals surface area contributed by atoms with Crippen LogP contribution in [0.1, 0.15) is 23.2 Å². The standard InChI is InChI=1S/C21H23FIN3O6S/c1-24-20(29)17-15-10-16(23)19(26(33(2,30)31)9-3-4-14(28)11-27)25-21(15)32-18(17)12-5-7-13(22)8-6-12/h5-8,10,14,27-28H,3-4,9,11H2,1-2H3,(H,24,29). The second-order valence-corrected chi connectivity index (χ2v) is 10.4. The molecule has 1 amide bonds. The van der Waals surface area contributed by atoms with E-state index in [0.29, 0.717) is 14.5 Å². The minimum Gasteiger partial charge on any atom is -0.437 e. The Balaban J connectivity index is 2.13. The molecule has 2 heterocycles. The van der Waals surface area contributed by atoms with Crippen LogP contribution in [0.5, 0.6) is 0 Å². The molecule has 0 bridgehead atoms. The van der Waals surface area contributed by atoms with Crippen LogP contribution >= 0.6 is 22.6 Å². The second kappa shape index (κ2) is 10.3. The van der Waals surface area contributed by atoms with Crippen LogP contribution in [-0.4, -0.2) is 62.1 Å². The average molecular weight is 591 g/mol. The molecule has 0 radical (unpaired) electrons. The topological polar surface area (TPSA) is 133 Å². The van der Waals surface area contributed by atoms with E-state index in [4.69, 9.17) is 9.52 Å². The Labute approximate surface area is 203 Å². The van der Waals surface area contributed by atoms with Crippen LogP contribution in [0.3, 0.4) is 0 Å². The Morgan fingerprint density at radius 2 is 2.00 bits per heavy atom. The van der Waals surface area contributed by atoms with E-state index in [1.807, 2.05) is 22.6 Å². The summed E-state index contributed by atoms with van der Waals surface area (Å²) in [5.74, 6) is -0.577. The van der Waals surface area contributed by atoms with Gasteiger partial charge in [-0.2, -0.15) is 4.98 Å². The van der Waals surface area contributed by atoms with Crippen LogP contribution in [0.25, 0.3) is 22.4 Å². The van der Waals surface area contributed by atoms with Crippen LogP contribution in [0.4, 0.5) is 10.2 Å². The summed E-state index contributed by atoms with van der Waals surface area (Å²) in [4.78, 5) is 17.1. The van der Waals surface area contributed by atoms with E-state index >= 15 is 0 Å². The van der Waals surface area contributed by atoms with Gasteiger partial charge in [0.05, 0.1) is 33.5 Å². The number of pyridine rings is 1. The highest BCUT2D eigenvalue weighted by Gasteiger charge is 2.27. The van der Waals surface area contributed by atoms with Crippen LogP contribution in [0.15, 0.2) is 34.7 Å². The third-order valence-corrected chi connectivity index (χ3v) is 6.87. The van der Waals surface area contributed by atoms with Gasteiger partial charge in [0.2, 0.25) is 15.7 Å². The van der Waals surface area contributed by atoms with Gasteiger partial charge in [-0.15, -0.1) is 0 Å². The number of fused-ring (bicyclic) bond motifs is 1. The van der Waals surface area contributed by atoms with Crippen LogP contribution in [0.2, 0.25) is 0 Å². The van der Waals surface area contributed by atoms with Crippen molar-refractivity contribution in [2.45, 2.75) is 18.9 Å². The summed E-state index contributed by atoms with van der Waals surface area (Å²) >= 11 is 1.94. The van der Waals surface area contributed by atoms with Crippen molar-refractivity contribution in [3.05, 3.63) is 45.3 Å². The van der Waals surface area contributed by atoms with Crippen molar-refractivity contribution < 1.29 is 32.2 Å². The first-order valence-electron chi connectivity index (χ1n) is 9.94. The molecule has 3 aromatic rings. The average Bonchev–Trinajstić information content (AvgIpc) is 3.13. The first-order chi connectivity index (χ1) is 15.6. The molecule has 1 atom stereocenters. The van der Waals surface area contributed by atoms with E-state index < -0.39 is 34.5 Å². The Bertz CT molecular complexity index is 1260. The van der Waals surface area contributed by atoms with Crippen molar-refractivity contribution in [2.24, 2.45) is 0 Å². The lowest BCUT2D eigenvalue weighted by atomic mass is 10.1. The number of carbonyl (C=O) groups is 1. The lowest BCUT2D eigenvalue weighted by molar-refractivity contribution is 0.0872. The molecular weight excluding hydrogens is 568 g/mol. The highest BCUT2D eigenvalue weighted by Crippen LogP contribution is 2.36. The zero-order chi connectivity index (χ0) is 24.3. The molecule has 12 heteroatoms. The number of benzene rings is 1. The molecule has 0 saturated carbocycles. The monoisotopic (exact) mass is 591 g/mol. The molecule has 3 N–H and O–H groups in total. The number of sulfonamides is 1. The molecule has 0 spiro atoms. The molecule has 2 aromatic heterocycles. The summed E-state index contributed by atoms with van der Waals surface area (Å²) < 4.78 is 45.8. The number of furan rings is 1. The van der Waals surface area contributed by atoms with E-state index in [1.165, 1.54) is 31.3 Å². The van der Waals surface area contributed by atoms with E-state index in [9.17, 15) is 22.7 Å². The number of hydrogen-bond donors (Lipinski definition) is 3. The number of aromatic nitrogens is 1. The number of rotatable bonds is 9. The number of hydrogen-bond acceptors (Lipinski definition) is 7. The van der Waals surface area contributed by atoms with Gasteiger partial charge in [-0.05, 0) is 65.8 Å². The number of aliphatic hydroxyl groups excluding tert-OH is 2. The van der Waals surface area contributed by atoms with Gasteiger partial charge in [-0.3, -0.25) is 9.10 Å².